The molecule has 0 radical (unpaired) electrons. The van der Waals surface area contributed by atoms with Crippen LogP contribution in [0.2, 0.25) is 0 Å². The average Bonchev–Trinajstić information content (AvgIpc) is 3.30. The quantitative estimate of drug-likeness (QED) is 0.665. The molecular weight excluding hydrogens is 374 g/mol. The van der Waals surface area contributed by atoms with Crippen LogP contribution in [0.15, 0.2) is 47.8 Å². The molecule has 0 bridgehead atoms. The van der Waals surface area contributed by atoms with Crippen LogP contribution >= 0.6 is 11.3 Å². The van der Waals surface area contributed by atoms with Crippen LogP contribution in [0.25, 0.3) is 10.2 Å². The number of carbonyl (C=O) groups is 2. The largest absolute Gasteiger partial charge is 0.492 e. The number of aromatic nitrogens is 1. The van der Waals surface area contributed by atoms with Gasteiger partial charge >= 0.3 is 0 Å². The summed E-state index contributed by atoms with van der Waals surface area (Å²) in [5, 5.41) is 2.04. The van der Waals surface area contributed by atoms with Gasteiger partial charge in [-0.2, -0.15) is 0 Å². The van der Waals surface area contributed by atoms with Crippen molar-refractivity contribution in [2.75, 3.05) is 32.8 Å². The van der Waals surface area contributed by atoms with E-state index in [1.54, 1.807) is 23.2 Å². The number of ether oxygens (including phenoxy) is 1. The Balaban J connectivity index is 1.49. The molecule has 3 heterocycles. The molecule has 0 saturated carbocycles. The highest BCUT2D eigenvalue weighted by Gasteiger charge is 2.26. The normalized spacial score (nSPS) is 14.5. The maximum Gasteiger partial charge on any atom is 0.270 e. The topological polar surface area (TPSA) is 54.8 Å². The monoisotopic (exact) mass is 397 g/mol. The molecular formula is C21H23N3O3S. The lowest BCUT2D eigenvalue weighted by Crippen LogP contribution is -2.50. The Kier molecular flexibility index (Phi) is 5.34. The van der Waals surface area contributed by atoms with Gasteiger partial charge in [0.25, 0.3) is 5.91 Å². The van der Waals surface area contributed by atoms with Gasteiger partial charge in [0.2, 0.25) is 5.91 Å². The summed E-state index contributed by atoms with van der Waals surface area (Å²) in [6, 6.07) is 13.7. The molecule has 0 N–H and O–H groups in total. The molecule has 1 aliphatic rings. The minimum Gasteiger partial charge on any atom is -0.492 e. The number of rotatable bonds is 5. The van der Waals surface area contributed by atoms with Crippen molar-refractivity contribution in [3.05, 3.63) is 53.5 Å². The Hall–Kier alpha value is -2.80. The minimum atomic E-state index is 0.0197. The molecule has 0 atom stereocenters. The molecule has 0 unspecified atom stereocenters. The van der Waals surface area contributed by atoms with Crippen molar-refractivity contribution >= 4 is 33.4 Å². The molecule has 1 aliphatic heterocycles. The lowest BCUT2D eigenvalue weighted by atomic mass is 10.2. The van der Waals surface area contributed by atoms with E-state index in [4.69, 9.17) is 4.74 Å². The first-order chi connectivity index (χ1) is 13.6. The van der Waals surface area contributed by atoms with Gasteiger partial charge in [-0.3, -0.25) is 9.59 Å². The summed E-state index contributed by atoms with van der Waals surface area (Å²) in [6.07, 6.45) is 0. The maximum absolute atomic E-state index is 13.2. The van der Waals surface area contributed by atoms with Gasteiger partial charge in [-0.15, -0.1) is 11.3 Å². The van der Waals surface area contributed by atoms with Crippen molar-refractivity contribution in [2.24, 2.45) is 0 Å². The van der Waals surface area contributed by atoms with E-state index in [1.807, 2.05) is 52.7 Å². The van der Waals surface area contributed by atoms with Gasteiger partial charge in [0.15, 0.2) is 0 Å². The van der Waals surface area contributed by atoms with Gasteiger partial charge in [0.05, 0.1) is 16.8 Å². The van der Waals surface area contributed by atoms with Gasteiger partial charge in [-0.1, -0.05) is 18.2 Å². The number of benzene rings is 1. The summed E-state index contributed by atoms with van der Waals surface area (Å²) < 4.78 is 8.99. The molecule has 7 heteroatoms. The number of para-hydroxylation sites is 1. The van der Waals surface area contributed by atoms with Crippen molar-refractivity contribution in [1.82, 2.24) is 14.4 Å². The van der Waals surface area contributed by atoms with E-state index in [0.29, 0.717) is 45.0 Å². The predicted molar refractivity (Wildman–Crippen MR) is 110 cm³/mol. The van der Waals surface area contributed by atoms with E-state index in [2.05, 4.69) is 4.57 Å². The van der Waals surface area contributed by atoms with Crippen LogP contribution in [0.1, 0.15) is 17.4 Å². The number of thiophene rings is 1. The molecule has 3 aromatic rings. The first-order valence-corrected chi connectivity index (χ1v) is 10.3. The third-order valence-electron chi connectivity index (χ3n) is 5.08. The van der Waals surface area contributed by atoms with Crippen LogP contribution in [0.5, 0.6) is 5.75 Å². The molecule has 2 aromatic heterocycles. The van der Waals surface area contributed by atoms with Crippen LogP contribution < -0.4 is 4.74 Å². The summed E-state index contributed by atoms with van der Waals surface area (Å²) in [4.78, 5) is 28.3. The van der Waals surface area contributed by atoms with E-state index < -0.39 is 0 Å². The second-order valence-electron chi connectivity index (χ2n) is 6.81. The Labute approximate surface area is 167 Å². The summed E-state index contributed by atoms with van der Waals surface area (Å²) in [7, 11) is 0. The average molecular weight is 398 g/mol. The van der Waals surface area contributed by atoms with Crippen LogP contribution in [0, 0.1) is 0 Å². The van der Waals surface area contributed by atoms with Crippen molar-refractivity contribution in [2.45, 2.75) is 13.5 Å². The first-order valence-electron chi connectivity index (χ1n) is 9.43. The standard InChI is InChI=1S/C21H23N3O3S/c1-16(25)22-8-10-23(11-9-22)21(26)19-15-20-18(7-14-28-20)24(19)12-13-27-17-5-3-2-4-6-17/h2-7,14-15H,8-13H2,1H3. The van der Waals surface area contributed by atoms with E-state index in [0.717, 1.165) is 16.0 Å². The van der Waals surface area contributed by atoms with Crippen molar-refractivity contribution in [3.63, 3.8) is 0 Å². The fourth-order valence-corrected chi connectivity index (χ4v) is 4.38. The van der Waals surface area contributed by atoms with Gasteiger partial charge in [0.1, 0.15) is 18.1 Å². The zero-order valence-corrected chi connectivity index (χ0v) is 16.7. The van der Waals surface area contributed by atoms with E-state index in [9.17, 15) is 9.59 Å². The Morgan fingerprint density at radius 3 is 2.46 bits per heavy atom. The molecule has 6 nitrogen and oxygen atoms in total. The third-order valence-corrected chi connectivity index (χ3v) is 5.93. The van der Waals surface area contributed by atoms with Gasteiger partial charge in [-0.05, 0) is 29.6 Å². The van der Waals surface area contributed by atoms with E-state index in [1.165, 1.54) is 0 Å². The van der Waals surface area contributed by atoms with Crippen molar-refractivity contribution in [1.29, 1.82) is 0 Å². The Morgan fingerprint density at radius 2 is 1.75 bits per heavy atom. The van der Waals surface area contributed by atoms with Crippen LogP contribution in [0.4, 0.5) is 0 Å². The zero-order chi connectivity index (χ0) is 19.5. The number of nitrogens with zero attached hydrogens (tertiary/aromatic N) is 3. The third kappa shape index (κ3) is 3.75. The zero-order valence-electron chi connectivity index (χ0n) is 15.8. The molecule has 2 amide bonds. The summed E-state index contributed by atoms with van der Waals surface area (Å²) in [5.74, 6) is 0.907. The molecule has 4 rings (SSSR count). The van der Waals surface area contributed by atoms with Crippen LogP contribution in [0.3, 0.4) is 0 Å². The molecule has 1 fully saturated rings. The molecule has 0 spiro atoms. The summed E-state index contributed by atoms with van der Waals surface area (Å²) in [5.41, 5.74) is 1.75. The van der Waals surface area contributed by atoms with E-state index >= 15 is 0 Å². The lowest BCUT2D eigenvalue weighted by Gasteiger charge is -2.34. The molecule has 0 aliphatic carbocycles. The van der Waals surface area contributed by atoms with Gasteiger partial charge in [-0.25, -0.2) is 0 Å². The highest BCUT2D eigenvalue weighted by atomic mass is 32.1. The predicted octanol–water partition coefficient (Wildman–Crippen LogP) is 3.09. The number of amides is 2. The Morgan fingerprint density at radius 1 is 1.04 bits per heavy atom. The highest BCUT2D eigenvalue weighted by molar-refractivity contribution is 7.17. The maximum atomic E-state index is 13.2. The summed E-state index contributed by atoms with van der Waals surface area (Å²) in [6.45, 7) is 4.98. The second-order valence-corrected chi connectivity index (χ2v) is 7.76. The Bertz CT molecular complexity index is 971. The second kappa shape index (κ2) is 8.06. The van der Waals surface area contributed by atoms with Crippen LogP contribution in [-0.4, -0.2) is 59.0 Å². The van der Waals surface area contributed by atoms with Crippen molar-refractivity contribution < 1.29 is 14.3 Å². The number of fused-ring (bicyclic) bond motifs is 1. The minimum absolute atomic E-state index is 0.0197. The molecule has 1 aromatic carbocycles. The van der Waals surface area contributed by atoms with E-state index in [-0.39, 0.29) is 11.8 Å². The smallest absolute Gasteiger partial charge is 0.270 e. The first kappa shape index (κ1) is 18.6. The van der Waals surface area contributed by atoms with Crippen LogP contribution in [-0.2, 0) is 11.3 Å². The van der Waals surface area contributed by atoms with Gasteiger partial charge < -0.3 is 19.1 Å². The molecule has 1 saturated heterocycles. The number of piperazine rings is 1. The lowest BCUT2D eigenvalue weighted by molar-refractivity contribution is -0.130. The number of carbonyl (C=O) groups excluding carboxylic acids is 2. The highest BCUT2D eigenvalue weighted by Crippen LogP contribution is 2.26. The molecule has 146 valence electrons. The van der Waals surface area contributed by atoms with Crippen molar-refractivity contribution in [3.8, 4) is 5.75 Å². The van der Waals surface area contributed by atoms with Gasteiger partial charge in [0, 0.05) is 33.1 Å². The summed E-state index contributed by atoms with van der Waals surface area (Å²) >= 11 is 1.64. The fraction of sp³-hybridized carbons (Fsp3) is 0.333. The fourth-order valence-electron chi connectivity index (χ4n) is 3.55. The number of hydrogen-bond acceptors (Lipinski definition) is 4. The SMILES string of the molecule is CC(=O)N1CCN(C(=O)c2cc3sccc3n2CCOc2ccccc2)CC1. The number of hydrogen-bond donors (Lipinski definition) is 0. The molecule has 28 heavy (non-hydrogen) atoms.